The van der Waals surface area contributed by atoms with Gasteiger partial charge in [0.25, 0.3) is 0 Å². The highest BCUT2D eigenvalue weighted by molar-refractivity contribution is 5.69. The molecule has 0 aromatic heterocycles. The van der Waals surface area contributed by atoms with Gasteiger partial charge in [-0.05, 0) is 32.1 Å². The van der Waals surface area contributed by atoms with Crippen LogP contribution in [0.4, 0.5) is 0 Å². The molecule has 256 valence electrons. The first-order chi connectivity index (χ1) is 21.1. The number of esters is 1. The lowest BCUT2D eigenvalue weighted by Gasteiger charge is -2.18. The fourth-order valence-corrected chi connectivity index (χ4v) is 6.17. The zero-order chi connectivity index (χ0) is 31.5. The van der Waals surface area contributed by atoms with E-state index in [1.807, 2.05) is 0 Å². The minimum Gasteiger partial charge on any atom is -0.481 e. The Bertz CT molecular complexity index is 576. The van der Waals surface area contributed by atoms with Gasteiger partial charge in [-0.1, -0.05) is 187 Å². The van der Waals surface area contributed by atoms with Gasteiger partial charge in [-0.3, -0.25) is 9.59 Å². The Kier molecular flexibility index (Phi) is 34.5. The van der Waals surface area contributed by atoms with Gasteiger partial charge in [-0.25, -0.2) is 0 Å². The van der Waals surface area contributed by atoms with Crippen molar-refractivity contribution in [2.45, 2.75) is 238 Å². The average molecular weight is 609 g/mol. The number of unbranched alkanes of at least 4 members (excludes halogenated alkanes) is 27. The van der Waals surface area contributed by atoms with Crippen LogP contribution in [0.2, 0.25) is 0 Å². The Morgan fingerprint density at radius 2 is 0.721 bits per heavy atom. The molecule has 4 heteroatoms. The lowest BCUT2D eigenvalue weighted by atomic mass is 10.0. The van der Waals surface area contributed by atoms with E-state index in [1.165, 1.54) is 167 Å². The van der Waals surface area contributed by atoms with E-state index in [0.717, 1.165) is 38.5 Å². The highest BCUT2D eigenvalue weighted by Crippen LogP contribution is 2.18. The quantitative estimate of drug-likeness (QED) is 0.0567. The highest BCUT2D eigenvalue weighted by Gasteiger charge is 2.14. The summed E-state index contributed by atoms with van der Waals surface area (Å²) in [5.41, 5.74) is 0. The molecular weight excluding hydrogens is 532 g/mol. The van der Waals surface area contributed by atoms with Crippen molar-refractivity contribution in [3.8, 4) is 0 Å². The van der Waals surface area contributed by atoms with Crippen LogP contribution >= 0.6 is 0 Å². The summed E-state index contributed by atoms with van der Waals surface area (Å²) >= 11 is 0. The maximum atomic E-state index is 12.5. The fourth-order valence-electron chi connectivity index (χ4n) is 6.17. The largest absolute Gasteiger partial charge is 0.481 e. The number of carboxylic acids is 1. The molecule has 4 nitrogen and oxygen atoms in total. The van der Waals surface area contributed by atoms with E-state index in [4.69, 9.17) is 9.84 Å². The molecule has 0 spiro atoms. The summed E-state index contributed by atoms with van der Waals surface area (Å²) in [6, 6.07) is 0. The number of carbonyl (C=O) groups is 2. The van der Waals surface area contributed by atoms with E-state index in [1.54, 1.807) is 0 Å². The summed E-state index contributed by atoms with van der Waals surface area (Å²) < 4.78 is 5.93. The monoisotopic (exact) mass is 609 g/mol. The third-order valence-electron chi connectivity index (χ3n) is 9.08. The first-order valence-corrected chi connectivity index (χ1v) is 19.5. The van der Waals surface area contributed by atoms with Gasteiger partial charge in [0.15, 0.2) is 0 Å². The van der Waals surface area contributed by atoms with Crippen LogP contribution in [0.1, 0.15) is 232 Å². The van der Waals surface area contributed by atoms with Crippen LogP contribution in [0.3, 0.4) is 0 Å². The zero-order valence-electron chi connectivity index (χ0n) is 29.3. The van der Waals surface area contributed by atoms with Gasteiger partial charge in [-0.15, -0.1) is 0 Å². The van der Waals surface area contributed by atoms with Crippen molar-refractivity contribution in [1.29, 1.82) is 0 Å². The second kappa shape index (κ2) is 35.4. The predicted molar refractivity (Wildman–Crippen MR) is 186 cm³/mol. The van der Waals surface area contributed by atoms with Crippen molar-refractivity contribution in [1.82, 2.24) is 0 Å². The lowest BCUT2D eigenvalue weighted by Crippen LogP contribution is -2.18. The number of carbonyl (C=O) groups excluding carboxylic acids is 1. The van der Waals surface area contributed by atoms with E-state index in [0.29, 0.717) is 12.8 Å². The second-order valence-electron chi connectivity index (χ2n) is 13.5. The number of aliphatic carboxylic acids is 1. The topological polar surface area (TPSA) is 63.6 Å². The summed E-state index contributed by atoms with van der Waals surface area (Å²) in [6.45, 7) is 4.50. The molecule has 0 aliphatic heterocycles. The molecule has 0 aromatic carbocycles. The Labute approximate surface area is 269 Å². The van der Waals surface area contributed by atoms with Gasteiger partial charge in [0.1, 0.15) is 6.10 Å². The maximum absolute atomic E-state index is 12.5. The molecule has 0 saturated carbocycles. The minimum absolute atomic E-state index is 0.0427. The van der Waals surface area contributed by atoms with Crippen molar-refractivity contribution >= 4 is 11.9 Å². The molecule has 0 rings (SSSR count). The number of hydrogen-bond donors (Lipinski definition) is 1. The Balaban J connectivity index is 3.57. The van der Waals surface area contributed by atoms with Crippen LogP contribution in [0.5, 0.6) is 0 Å². The smallest absolute Gasteiger partial charge is 0.306 e. The highest BCUT2D eigenvalue weighted by atomic mass is 16.5. The molecule has 0 heterocycles. The predicted octanol–water partition coefficient (Wildman–Crippen LogP) is 13.3. The van der Waals surface area contributed by atoms with E-state index >= 15 is 0 Å². The van der Waals surface area contributed by atoms with Crippen LogP contribution in [-0.4, -0.2) is 23.1 Å². The number of hydrogen-bond acceptors (Lipinski definition) is 3. The molecule has 0 aliphatic rings. The van der Waals surface area contributed by atoms with Crippen molar-refractivity contribution in [2.75, 3.05) is 0 Å². The Morgan fingerprint density at radius 1 is 0.419 bits per heavy atom. The molecular formula is C39H76O4. The van der Waals surface area contributed by atoms with Gasteiger partial charge in [-0.2, -0.15) is 0 Å². The first-order valence-electron chi connectivity index (χ1n) is 19.5. The van der Waals surface area contributed by atoms with Crippen molar-refractivity contribution in [2.24, 2.45) is 0 Å². The number of rotatable bonds is 36. The van der Waals surface area contributed by atoms with Crippen LogP contribution in [0.15, 0.2) is 0 Å². The summed E-state index contributed by atoms with van der Waals surface area (Å²) in [6.07, 6.45) is 41.7. The van der Waals surface area contributed by atoms with Crippen molar-refractivity contribution in [3.63, 3.8) is 0 Å². The Hall–Kier alpha value is -1.06. The molecule has 1 atom stereocenters. The minimum atomic E-state index is -0.662. The van der Waals surface area contributed by atoms with Gasteiger partial charge in [0.05, 0.1) is 0 Å². The third-order valence-corrected chi connectivity index (χ3v) is 9.08. The van der Waals surface area contributed by atoms with E-state index in [-0.39, 0.29) is 12.1 Å². The normalized spacial score (nSPS) is 12.0. The van der Waals surface area contributed by atoms with Crippen molar-refractivity contribution < 1.29 is 19.4 Å². The molecule has 0 aliphatic carbocycles. The summed E-state index contributed by atoms with van der Waals surface area (Å²) in [4.78, 5) is 23.0. The van der Waals surface area contributed by atoms with Crippen LogP contribution in [0.25, 0.3) is 0 Å². The zero-order valence-corrected chi connectivity index (χ0v) is 29.3. The summed E-state index contributed by atoms with van der Waals surface area (Å²) in [5, 5.41) is 8.66. The molecule has 0 radical (unpaired) electrons. The van der Waals surface area contributed by atoms with Gasteiger partial charge >= 0.3 is 11.9 Å². The number of ether oxygens (including phenoxy) is 1. The molecule has 1 unspecified atom stereocenters. The maximum Gasteiger partial charge on any atom is 0.306 e. The summed E-state index contributed by atoms with van der Waals surface area (Å²) in [5.74, 6) is -0.619. The van der Waals surface area contributed by atoms with Crippen LogP contribution in [0, 0.1) is 0 Å². The van der Waals surface area contributed by atoms with Crippen LogP contribution < -0.4 is 0 Å². The number of carboxylic acid groups (broad SMARTS) is 1. The molecule has 43 heavy (non-hydrogen) atoms. The second-order valence-corrected chi connectivity index (χ2v) is 13.5. The Morgan fingerprint density at radius 3 is 1.09 bits per heavy atom. The molecule has 1 N–H and O–H groups in total. The molecule has 0 fully saturated rings. The van der Waals surface area contributed by atoms with Gasteiger partial charge in [0, 0.05) is 12.8 Å². The summed E-state index contributed by atoms with van der Waals surface area (Å²) in [7, 11) is 0. The van der Waals surface area contributed by atoms with Gasteiger partial charge in [0.2, 0.25) is 0 Å². The van der Waals surface area contributed by atoms with E-state index < -0.39 is 5.97 Å². The SMILES string of the molecule is CCCCCCCCCCCCCCC(=O)OC(CCCC)CCCCCCCCCCCCCCCCCCC(=O)O. The van der Waals surface area contributed by atoms with E-state index in [9.17, 15) is 9.59 Å². The standard InChI is InChI=1S/C39H76O4/c1-3-5-7-8-9-10-11-20-23-26-29-32-36-39(42)43-37(33-6-4-2)34-30-27-24-21-18-16-14-12-13-15-17-19-22-25-28-31-35-38(40)41/h37H,3-36H2,1-2H3,(H,40,41). The van der Waals surface area contributed by atoms with Gasteiger partial charge < -0.3 is 9.84 Å². The molecule has 0 bridgehead atoms. The van der Waals surface area contributed by atoms with Crippen LogP contribution in [-0.2, 0) is 14.3 Å². The molecule has 0 saturated heterocycles. The fraction of sp³-hybridized carbons (Fsp3) is 0.949. The van der Waals surface area contributed by atoms with Crippen molar-refractivity contribution in [3.05, 3.63) is 0 Å². The first kappa shape index (κ1) is 41.9. The van der Waals surface area contributed by atoms with E-state index in [2.05, 4.69) is 13.8 Å². The third kappa shape index (κ3) is 35.3. The molecule has 0 aromatic rings. The molecule has 0 amide bonds. The average Bonchev–Trinajstić information content (AvgIpc) is 2.99. The lowest BCUT2D eigenvalue weighted by molar-refractivity contribution is -0.150.